The number of carbonyl (C=O) groups is 7. The number of methoxy groups -OCH3 is 1. The van der Waals surface area contributed by atoms with Crippen LogP contribution in [0.4, 0.5) is 21.9 Å². The Morgan fingerprint density at radius 2 is 1.51 bits per heavy atom. The third-order valence-corrected chi connectivity index (χ3v) is 15.5. The Morgan fingerprint density at radius 3 is 2.25 bits per heavy atom. The van der Waals surface area contributed by atoms with Crippen LogP contribution in [0.1, 0.15) is 110 Å². The molecule has 3 unspecified atom stereocenters. The largest absolute Gasteiger partial charge is 0.493 e. The number of Topliss-reactive ketones (excluding diaryl/α,β-unsaturated/α-hetero) is 2. The molecule has 5 aliphatic rings. The van der Waals surface area contributed by atoms with Gasteiger partial charge in [0.1, 0.15) is 18.1 Å². The second-order valence-electron chi connectivity index (χ2n) is 20.4. The second-order valence-corrected chi connectivity index (χ2v) is 21.5. The molecule has 0 bridgehead atoms. The summed E-state index contributed by atoms with van der Waals surface area (Å²) < 4.78 is 29.4. The molecule has 76 heavy (non-hydrogen) atoms. The molecule has 6 atom stereocenters. The zero-order valence-electron chi connectivity index (χ0n) is 44.1. The van der Waals surface area contributed by atoms with Gasteiger partial charge in [0.2, 0.25) is 11.8 Å². The fourth-order valence-corrected chi connectivity index (χ4v) is 11.1. The predicted octanol–water partition coefficient (Wildman–Crippen LogP) is 7.14. The molecule has 0 aromatic heterocycles. The van der Waals surface area contributed by atoms with Gasteiger partial charge in [0.25, 0.3) is 11.8 Å². The van der Waals surface area contributed by atoms with Crippen molar-refractivity contribution < 1.29 is 62.4 Å². The lowest BCUT2D eigenvalue weighted by atomic mass is 10.0. The molecule has 3 fully saturated rings. The number of rotatable bonds is 25. The molecule has 20 heteroatoms. The highest BCUT2D eigenvalue weighted by Crippen LogP contribution is 2.41. The summed E-state index contributed by atoms with van der Waals surface area (Å²) in [6.07, 6.45) is 6.19. The van der Waals surface area contributed by atoms with Crippen LogP contribution in [-0.2, 0) is 35.3 Å². The van der Waals surface area contributed by atoms with Crippen molar-refractivity contribution in [3.05, 3.63) is 70.8 Å². The summed E-state index contributed by atoms with van der Waals surface area (Å²) in [6, 6.07) is 13.2. The van der Waals surface area contributed by atoms with Gasteiger partial charge in [-0.1, -0.05) is 26.0 Å². The smallest absolute Gasteiger partial charge is 0.416 e. The van der Waals surface area contributed by atoms with Crippen molar-refractivity contribution in [2.45, 2.75) is 115 Å². The maximum absolute atomic E-state index is 14.1. The minimum absolute atomic E-state index is 0.0194. The van der Waals surface area contributed by atoms with Crippen molar-refractivity contribution >= 4 is 76.3 Å². The molecule has 0 aliphatic carbocycles. The van der Waals surface area contributed by atoms with Crippen LogP contribution < -0.4 is 24.4 Å². The van der Waals surface area contributed by atoms with E-state index in [1.54, 1.807) is 66.8 Å². The summed E-state index contributed by atoms with van der Waals surface area (Å²) in [5, 5.41) is 14.6. The van der Waals surface area contributed by atoms with Crippen molar-refractivity contribution in [2.24, 2.45) is 16.8 Å². The highest BCUT2D eigenvalue weighted by molar-refractivity contribution is 8.00. The lowest BCUT2D eigenvalue weighted by Gasteiger charge is -2.31. The normalized spacial score (nSPS) is 21.7. The van der Waals surface area contributed by atoms with Gasteiger partial charge in [-0.3, -0.25) is 38.7 Å². The van der Waals surface area contributed by atoms with E-state index in [4.69, 9.17) is 23.7 Å². The number of nitrogens with one attached hydrogen (secondary N) is 1. The second kappa shape index (κ2) is 25.6. The van der Waals surface area contributed by atoms with Crippen molar-refractivity contribution in [1.29, 1.82) is 0 Å². The van der Waals surface area contributed by atoms with E-state index >= 15 is 0 Å². The average molecular weight is 1070 g/mol. The maximum atomic E-state index is 14.1. The van der Waals surface area contributed by atoms with Crippen LogP contribution in [-0.4, -0.2) is 157 Å². The van der Waals surface area contributed by atoms with E-state index < -0.39 is 18.4 Å². The molecule has 5 heterocycles. The van der Waals surface area contributed by atoms with Crippen molar-refractivity contribution in [3.63, 3.8) is 0 Å². The number of aliphatic hydroxyl groups is 1. The molecule has 0 saturated carbocycles. The Kier molecular flexibility index (Phi) is 18.7. The van der Waals surface area contributed by atoms with Crippen molar-refractivity contribution in [1.82, 2.24) is 14.7 Å². The van der Waals surface area contributed by atoms with Crippen LogP contribution in [0.25, 0.3) is 0 Å². The van der Waals surface area contributed by atoms with E-state index in [0.29, 0.717) is 110 Å². The Labute approximate surface area is 447 Å². The lowest BCUT2D eigenvalue weighted by molar-refractivity contribution is -0.138. The minimum atomic E-state index is -1.38. The predicted molar refractivity (Wildman–Crippen MR) is 286 cm³/mol. The van der Waals surface area contributed by atoms with E-state index in [1.165, 1.54) is 16.7 Å². The molecule has 0 spiro atoms. The van der Waals surface area contributed by atoms with Gasteiger partial charge in [-0.05, 0) is 98.9 Å². The number of aliphatic imine (C=N–C) groups is 1. The van der Waals surface area contributed by atoms with E-state index in [9.17, 15) is 38.7 Å². The fourth-order valence-electron chi connectivity index (χ4n) is 10.4. The van der Waals surface area contributed by atoms with Crippen LogP contribution in [0.2, 0.25) is 0 Å². The zero-order chi connectivity index (χ0) is 54.0. The summed E-state index contributed by atoms with van der Waals surface area (Å²) in [4.78, 5) is 101. The number of ketones is 2. The van der Waals surface area contributed by atoms with Crippen LogP contribution in [0.3, 0.4) is 0 Å². The first kappa shape index (κ1) is 55.7. The third-order valence-electron chi connectivity index (χ3n) is 14.6. The first-order valence-electron chi connectivity index (χ1n) is 26.4. The van der Waals surface area contributed by atoms with Gasteiger partial charge in [-0.15, -0.1) is 0 Å². The molecule has 5 aliphatic heterocycles. The number of aliphatic hydroxyl groups excluding tert-OH is 1. The molecule has 3 saturated heterocycles. The number of thioether (sulfide) groups is 1. The number of benzene rings is 3. The Bertz CT molecular complexity index is 2680. The molecular weight excluding hydrogens is 997 g/mol. The standard InChI is InChI=1S/C56H70N6O13S/c1-34-22-39-29-58-44-26-49(48(71-4)25-42(44)52(66)60(39)31-34)74-20-8-6-7-19-73-47-27-45-43(24-36(47)3)53(67)61-32-35(2)23-46(61)54(68)62(45)56(70)75-33-37-11-13-38(14-12-37)57-30-41(64)16-21-72-18-9-10-40(63)15-17-59-51(65)28-50(76-5)55(59)69/h11-14,24-27,29,34-35,39,46,50,54,57,68H,6-10,15-23,28,30-33H2,1-5H3/t34?,35?,39-,46-,50?,54-/m0/s1. The van der Waals surface area contributed by atoms with Crippen LogP contribution in [0, 0.1) is 18.8 Å². The van der Waals surface area contributed by atoms with Gasteiger partial charge in [0, 0.05) is 76.0 Å². The maximum Gasteiger partial charge on any atom is 0.416 e. The Hall–Kier alpha value is -6.51. The number of likely N-dealkylation sites (tertiary alicyclic amines) is 1. The van der Waals surface area contributed by atoms with E-state index in [0.717, 1.165) is 17.7 Å². The molecule has 2 N–H and O–H groups in total. The molecule has 8 rings (SSSR count). The van der Waals surface area contributed by atoms with E-state index in [-0.39, 0.29) is 116 Å². The monoisotopic (exact) mass is 1070 g/mol. The number of anilines is 2. The quantitative estimate of drug-likeness (QED) is 0.0636. The third kappa shape index (κ3) is 13.2. The van der Waals surface area contributed by atoms with Crippen molar-refractivity contribution in [3.8, 4) is 17.2 Å². The molecule has 3 aromatic carbocycles. The molecular formula is C56H70N6O13S. The van der Waals surface area contributed by atoms with Gasteiger partial charge in [0.05, 0.1) is 73.3 Å². The number of aryl methyl sites for hydroxylation is 1. The van der Waals surface area contributed by atoms with Crippen LogP contribution in [0.15, 0.2) is 53.5 Å². The lowest BCUT2D eigenvalue weighted by Crippen LogP contribution is -2.50. The number of unbranched alkanes of at least 4 members (excludes halogenated alkanes) is 2. The number of hydrogen-bond donors (Lipinski definition) is 2. The van der Waals surface area contributed by atoms with Gasteiger partial charge in [-0.2, -0.15) is 11.8 Å². The average Bonchev–Trinajstić information content (AvgIpc) is 4.07. The first-order valence-corrected chi connectivity index (χ1v) is 27.7. The number of hydrogen-bond acceptors (Lipinski definition) is 16. The van der Waals surface area contributed by atoms with Gasteiger partial charge in [0.15, 0.2) is 23.5 Å². The van der Waals surface area contributed by atoms with Gasteiger partial charge in [-0.25, -0.2) is 9.69 Å². The number of amides is 5. The van der Waals surface area contributed by atoms with Gasteiger partial charge >= 0.3 is 6.09 Å². The molecule has 408 valence electrons. The molecule has 0 radical (unpaired) electrons. The minimum Gasteiger partial charge on any atom is -0.493 e. The number of nitrogens with zero attached hydrogens (tertiary/aromatic N) is 5. The summed E-state index contributed by atoms with van der Waals surface area (Å²) in [6.45, 7) is 8.42. The number of fused-ring (bicyclic) bond motifs is 4. The number of imide groups is 1. The van der Waals surface area contributed by atoms with E-state index in [1.807, 2.05) is 25.0 Å². The first-order chi connectivity index (χ1) is 36.6. The molecule has 3 aromatic rings. The summed E-state index contributed by atoms with van der Waals surface area (Å²) in [7, 11) is 1.55. The summed E-state index contributed by atoms with van der Waals surface area (Å²) in [5.41, 5.74) is 3.57. The van der Waals surface area contributed by atoms with Crippen LogP contribution >= 0.6 is 11.8 Å². The van der Waals surface area contributed by atoms with Gasteiger partial charge < -0.3 is 43.9 Å². The number of carbonyl (C=O) groups excluding carboxylic acids is 7. The van der Waals surface area contributed by atoms with Crippen molar-refractivity contribution in [2.75, 3.05) is 76.2 Å². The topological polar surface area (TPSA) is 223 Å². The van der Waals surface area contributed by atoms with Crippen LogP contribution in [0.5, 0.6) is 17.2 Å². The fraction of sp³-hybridized carbons (Fsp3) is 0.536. The summed E-state index contributed by atoms with van der Waals surface area (Å²) in [5.74, 6) is 1.06. The summed E-state index contributed by atoms with van der Waals surface area (Å²) >= 11 is 1.34. The highest BCUT2D eigenvalue weighted by atomic mass is 32.2. The number of ether oxygens (including phenoxy) is 5. The van der Waals surface area contributed by atoms with E-state index in [2.05, 4.69) is 17.2 Å². The zero-order valence-corrected chi connectivity index (χ0v) is 44.9. The molecule has 19 nitrogen and oxygen atoms in total. The molecule has 5 amide bonds. The highest BCUT2D eigenvalue weighted by Gasteiger charge is 2.47. The Balaban J connectivity index is 0.780. The SMILES string of the molecule is COc1cc2c(cc1OCCCCCOc1cc3c(cc1C)C(=O)N1CC(C)C[C@H]1[C@H](O)N3C(=O)OCc1ccc(NCC(=O)CCOCCCC(=O)CCN3C(=O)CC(SC)C3=O)cc1)N=C[C@@H]1CC(C)CN1C2=O. The Morgan fingerprint density at radius 1 is 0.789 bits per heavy atom.